The van der Waals surface area contributed by atoms with Gasteiger partial charge in [0.1, 0.15) is 0 Å². The maximum absolute atomic E-state index is 4.45. The summed E-state index contributed by atoms with van der Waals surface area (Å²) >= 11 is 0. The van der Waals surface area contributed by atoms with E-state index in [-0.39, 0.29) is 5.41 Å². The fraction of sp³-hybridized carbons (Fsp3) is 0.0606. The molecule has 0 unspecified atom stereocenters. The minimum atomic E-state index is -0.230. The number of benzene rings is 10. The van der Waals surface area contributed by atoms with Crippen molar-refractivity contribution in [1.82, 2.24) is 4.57 Å². The van der Waals surface area contributed by atoms with Crippen LogP contribution >= 0.6 is 0 Å². The first-order chi connectivity index (χ1) is 32.9. The van der Waals surface area contributed by atoms with E-state index in [1.165, 1.54) is 122 Å². The molecular weight excluding hydrogens is 807 g/mol. The molecule has 10 aromatic carbocycles. The molecule has 0 saturated carbocycles. The van der Waals surface area contributed by atoms with Gasteiger partial charge in [-0.2, -0.15) is 0 Å². The number of para-hydroxylation sites is 1. The van der Waals surface area contributed by atoms with Crippen LogP contribution in [0.3, 0.4) is 0 Å². The van der Waals surface area contributed by atoms with Crippen LogP contribution in [0.2, 0.25) is 0 Å². The summed E-state index contributed by atoms with van der Waals surface area (Å²) in [6.45, 7) is 11.4. The van der Waals surface area contributed by atoms with Crippen molar-refractivity contribution in [3.05, 3.63) is 253 Å². The van der Waals surface area contributed by atoms with Crippen LogP contribution in [0.1, 0.15) is 48.7 Å². The van der Waals surface area contributed by atoms with E-state index < -0.39 is 0 Å². The maximum Gasteiger partial charge on any atom is 0.0582 e. The van der Waals surface area contributed by atoms with Crippen molar-refractivity contribution >= 4 is 50.2 Å². The van der Waals surface area contributed by atoms with Gasteiger partial charge in [-0.05, 0) is 137 Å². The zero-order valence-electron chi connectivity index (χ0n) is 38.1. The second kappa shape index (κ2) is 16.0. The lowest BCUT2D eigenvalue weighted by Gasteiger charge is -2.35. The average molecular weight is 856 g/mol. The van der Waals surface area contributed by atoms with Gasteiger partial charge in [-0.25, -0.2) is 0 Å². The van der Waals surface area contributed by atoms with Gasteiger partial charge in [-0.1, -0.05) is 221 Å². The molecule has 0 atom stereocenters. The molecule has 67 heavy (non-hydrogen) atoms. The van der Waals surface area contributed by atoms with Crippen molar-refractivity contribution in [1.29, 1.82) is 0 Å². The van der Waals surface area contributed by atoms with Gasteiger partial charge < -0.3 is 4.57 Å². The highest BCUT2D eigenvalue weighted by Crippen LogP contribution is 2.49. The average Bonchev–Trinajstić information content (AvgIpc) is 3.70. The predicted molar refractivity (Wildman–Crippen MR) is 288 cm³/mol. The largest absolute Gasteiger partial charge is 0.309 e. The summed E-state index contributed by atoms with van der Waals surface area (Å²) in [5.74, 6) is 0. The molecule has 0 aliphatic carbocycles. The summed E-state index contributed by atoms with van der Waals surface area (Å²) in [6, 6.07) is 80.1. The van der Waals surface area contributed by atoms with Crippen LogP contribution in [0, 0.1) is 0 Å². The smallest absolute Gasteiger partial charge is 0.0582 e. The molecule has 1 aromatic heterocycles. The Morgan fingerprint density at radius 2 is 0.851 bits per heavy atom. The lowest BCUT2D eigenvalue weighted by molar-refractivity contribution is 0.628. The first-order valence-electron chi connectivity index (χ1n) is 23.4. The number of nitrogens with zero attached hydrogens (tertiary/aromatic N) is 1. The molecule has 11 aromatic rings. The highest BCUT2D eigenvalue weighted by Gasteiger charge is 2.36. The lowest BCUT2D eigenvalue weighted by atomic mass is 9.74. The van der Waals surface area contributed by atoms with Crippen LogP contribution in [0.15, 0.2) is 225 Å². The SMILES string of the molecule is C=Cc1c(/C=C(\C)c2ccc(-c3ccc(-c4ccccc4)c4ccccc34)cc2)c2cc(-c3ccc(-c4ccc(-c5ccccc5)c5ccccc45)cc3)cc3c2n1-c1ccccc1C3(C)C. The highest BCUT2D eigenvalue weighted by atomic mass is 15.0. The van der Waals surface area contributed by atoms with Crippen LogP contribution in [0.25, 0.3) is 111 Å². The van der Waals surface area contributed by atoms with Crippen molar-refractivity contribution in [2.45, 2.75) is 26.2 Å². The van der Waals surface area contributed by atoms with Gasteiger partial charge >= 0.3 is 0 Å². The monoisotopic (exact) mass is 855 g/mol. The van der Waals surface area contributed by atoms with Gasteiger partial charge in [0.05, 0.1) is 16.9 Å². The highest BCUT2D eigenvalue weighted by molar-refractivity contribution is 6.07. The molecule has 0 fully saturated rings. The van der Waals surface area contributed by atoms with Crippen LogP contribution < -0.4 is 0 Å². The van der Waals surface area contributed by atoms with E-state index in [0.717, 1.165) is 5.69 Å². The Morgan fingerprint density at radius 3 is 1.36 bits per heavy atom. The summed E-state index contributed by atoms with van der Waals surface area (Å²) < 4.78 is 2.46. The first kappa shape index (κ1) is 40.3. The topological polar surface area (TPSA) is 4.93 Å². The number of rotatable bonds is 8. The third-order valence-electron chi connectivity index (χ3n) is 14.4. The molecule has 0 amide bonds. The van der Waals surface area contributed by atoms with Gasteiger partial charge in [-0.3, -0.25) is 0 Å². The molecule has 0 N–H and O–H groups in total. The number of hydrogen-bond donors (Lipinski definition) is 0. The van der Waals surface area contributed by atoms with E-state index in [9.17, 15) is 0 Å². The van der Waals surface area contributed by atoms with Crippen LogP contribution in [0.4, 0.5) is 0 Å². The Bertz CT molecular complexity index is 3750. The summed E-state index contributed by atoms with van der Waals surface area (Å²) in [7, 11) is 0. The predicted octanol–water partition coefficient (Wildman–Crippen LogP) is 18.1. The number of allylic oxidation sites excluding steroid dienone is 1. The Morgan fingerprint density at radius 1 is 0.418 bits per heavy atom. The summed E-state index contributed by atoms with van der Waals surface area (Å²) in [5.41, 5.74) is 21.8. The molecule has 1 heteroatoms. The second-order valence-electron chi connectivity index (χ2n) is 18.5. The van der Waals surface area contributed by atoms with E-state index in [0.29, 0.717) is 0 Å². The fourth-order valence-corrected chi connectivity index (χ4v) is 10.9. The maximum atomic E-state index is 4.45. The Hall–Kier alpha value is -8.26. The summed E-state index contributed by atoms with van der Waals surface area (Å²) in [4.78, 5) is 0. The molecule has 12 rings (SSSR count). The third-order valence-corrected chi connectivity index (χ3v) is 14.4. The number of fused-ring (bicyclic) bond motifs is 4. The molecule has 2 heterocycles. The molecule has 318 valence electrons. The van der Waals surface area contributed by atoms with Crippen LogP contribution in [-0.2, 0) is 5.41 Å². The summed E-state index contributed by atoms with van der Waals surface area (Å²) in [6.07, 6.45) is 4.43. The van der Waals surface area contributed by atoms with E-state index in [1.54, 1.807) is 0 Å². The van der Waals surface area contributed by atoms with Gasteiger partial charge in [0.25, 0.3) is 0 Å². The number of hydrogen-bond acceptors (Lipinski definition) is 0. The molecule has 0 bridgehead atoms. The van der Waals surface area contributed by atoms with Gasteiger partial charge in [0.15, 0.2) is 0 Å². The van der Waals surface area contributed by atoms with E-state index >= 15 is 0 Å². The van der Waals surface area contributed by atoms with E-state index in [2.05, 4.69) is 256 Å². The van der Waals surface area contributed by atoms with E-state index in [4.69, 9.17) is 0 Å². The number of aromatic nitrogens is 1. The second-order valence-corrected chi connectivity index (χ2v) is 18.5. The normalized spacial score (nSPS) is 13.0. The first-order valence-corrected chi connectivity index (χ1v) is 23.4. The Labute approximate surface area is 393 Å². The van der Waals surface area contributed by atoms with E-state index in [1.807, 2.05) is 6.08 Å². The van der Waals surface area contributed by atoms with Gasteiger partial charge in [0.2, 0.25) is 0 Å². The molecule has 0 spiro atoms. The van der Waals surface area contributed by atoms with Crippen molar-refractivity contribution in [2.24, 2.45) is 0 Å². The van der Waals surface area contributed by atoms with Crippen molar-refractivity contribution in [2.75, 3.05) is 0 Å². The van der Waals surface area contributed by atoms with Crippen molar-refractivity contribution < 1.29 is 0 Å². The zero-order chi connectivity index (χ0) is 45.2. The lowest BCUT2D eigenvalue weighted by Crippen LogP contribution is -2.26. The minimum absolute atomic E-state index is 0.230. The van der Waals surface area contributed by atoms with Gasteiger partial charge in [0, 0.05) is 16.4 Å². The van der Waals surface area contributed by atoms with Crippen molar-refractivity contribution in [3.63, 3.8) is 0 Å². The standard InChI is InChI=1S/C66H49N/c1-5-63-59(40-43(2)44-28-32-48(33-29-44)53-38-36-51(46-18-8-6-9-19-46)55-22-12-14-24-57(53)55)60-41-50(42-62-65(60)67(63)64-27-17-16-26-61(64)66(62,3)4)45-30-34-49(35-31-45)54-39-37-52(47-20-10-7-11-21-47)56-23-13-15-25-58(54)56/h5-42H,1H2,2-4H3/b43-40+. The Kier molecular flexibility index (Phi) is 9.62. The van der Waals surface area contributed by atoms with Crippen LogP contribution in [0.5, 0.6) is 0 Å². The molecule has 1 aliphatic rings. The molecule has 1 aliphatic heterocycles. The third kappa shape index (κ3) is 6.61. The summed E-state index contributed by atoms with van der Waals surface area (Å²) in [5, 5.41) is 6.28. The molecular formula is C66H49N. The van der Waals surface area contributed by atoms with Crippen LogP contribution in [-0.4, -0.2) is 4.57 Å². The van der Waals surface area contributed by atoms with Crippen molar-refractivity contribution in [3.8, 4) is 61.3 Å². The molecule has 0 saturated heterocycles. The molecule has 0 radical (unpaired) electrons. The fourth-order valence-electron chi connectivity index (χ4n) is 10.9. The van der Waals surface area contributed by atoms with Gasteiger partial charge in [-0.15, -0.1) is 0 Å². The Balaban J connectivity index is 0.960. The quantitative estimate of drug-likeness (QED) is 0.143. The molecule has 1 nitrogen and oxygen atoms in total. The zero-order valence-corrected chi connectivity index (χ0v) is 38.1. The minimum Gasteiger partial charge on any atom is -0.309 e.